The number of esters is 2. The lowest BCUT2D eigenvalue weighted by Crippen LogP contribution is -2.26. The molecule has 0 atom stereocenters. The predicted molar refractivity (Wildman–Crippen MR) is 154 cm³/mol. The standard InChI is InChI=1S/C31H35N3O7/c1-4-31(2,3)30(36)40-22-8-6-5-7-21-39-27-17-9-23(10-18-27)29(35)41-28-19-13-25(14-20-28)33-32-24-11-15-26(16-12-24)34(37)38/h9-20H,4-8,21-22H2,1-3H3. The van der Waals surface area contributed by atoms with Gasteiger partial charge in [-0.3, -0.25) is 14.9 Å². The molecule has 0 fully saturated rings. The summed E-state index contributed by atoms with van der Waals surface area (Å²) in [4.78, 5) is 34.7. The van der Waals surface area contributed by atoms with Crippen LogP contribution in [0, 0.1) is 15.5 Å². The monoisotopic (exact) mass is 561 g/mol. The number of non-ortho nitro benzene ring substituents is 1. The Labute approximate surface area is 239 Å². The third-order valence-electron chi connectivity index (χ3n) is 6.46. The smallest absolute Gasteiger partial charge is 0.343 e. The molecule has 3 rings (SSSR count). The van der Waals surface area contributed by atoms with Gasteiger partial charge in [0.2, 0.25) is 0 Å². The maximum absolute atomic E-state index is 12.5. The van der Waals surface area contributed by atoms with E-state index in [0.29, 0.717) is 41.7 Å². The van der Waals surface area contributed by atoms with E-state index in [4.69, 9.17) is 14.2 Å². The normalized spacial score (nSPS) is 11.3. The molecule has 0 bridgehead atoms. The largest absolute Gasteiger partial charge is 0.494 e. The molecule has 0 N–H and O–H groups in total. The van der Waals surface area contributed by atoms with Gasteiger partial charge in [-0.15, -0.1) is 0 Å². The number of ether oxygens (including phenoxy) is 3. The van der Waals surface area contributed by atoms with Gasteiger partial charge in [-0.2, -0.15) is 10.2 Å². The lowest BCUT2D eigenvalue weighted by Gasteiger charge is -2.20. The highest BCUT2D eigenvalue weighted by Gasteiger charge is 2.26. The lowest BCUT2D eigenvalue weighted by molar-refractivity contribution is -0.384. The molecule has 0 aliphatic rings. The third kappa shape index (κ3) is 10.1. The van der Waals surface area contributed by atoms with E-state index in [1.807, 2.05) is 20.8 Å². The number of hydrogen-bond acceptors (Lipinski definition) is 9. The Bertz CT molecular complexity index is 1320. The van der Waals surface area contributed by atoms with E-state index in [0.717, 1.165) is 32.1 Å². The minimum absolute atomic E-state index is 0.0202. The fourth-order valence-corrected chi connectivity index (χ4v) is 3.44. The van der Waals surface area contributed by atoms with Gasteiger partial charge in [0.05, 0.1) is 40.5 Å². The highest BCUT2D eigenvalue weighted by atomic mass is 16.6. The second kappa shape index (κ2) is 15.3. The van der Waals surface area contributed by atoms with Crippen molar-refractivity contribution in [2.45, 2.75) is 52.9 Å². The van der Waals surface area contributed by atoms with Crippen molar-refractivity contribution in [3.05, 3.63) is 88.5 Å². The summed E-state index contributed by atoms with van der Waals surface area (Å²) >= 11 is 0. The molecule has 0 saturated carbocycles. The molecular formula is C31H35N3O7. The average Bonchev–Trinajstić information content (AvgIpc) is 2.98. The maximum Gasteiger partial charge on any atom is 0.343 e. The van der Waals surface area contributed by atoms with Gasteiger partial charge in [0, 0.05) is 12.1 Å². The first-order valence-electron chi connectivity index (χ1n) is 13.6. The number of unbranched alkanes of at least 4 members (excludes halogenated alkanes) is 3. The number of carbonyl (C=O) groups excluding carboxylic acids is 2. The first-order valence-corrected chi connectivity index (χ1v) is 13.6. The van der Waals surface area contributed by atoms with Crippen LogP contribution in [0.5, 0.6) is 11.5 Å². The molecule has 3 aromatic rings. The fraction of sp³-hybridized carbons (Fsp3) is 0.355. The van der Waals surface area contributed by atoms with Crippen molar-refractivity contribution < 1.29 is 28.7 Å². The topological polar surface area (TPSA) is 130 Å². The van der Waals surface area contributed by atoms with E-state index in [9.17, 15) is 19.7 Å². The van der Waals surface area contributed by atoms with Crippen LogP contribution < -0.4 is 9.47 Å². The molecule has 216 valence electrons. The molecule has 0 aliphatic carbocycles. The molecule has 10 nitrogen and oxygen atoms in total. The molecule has 0 radical (unpaired) electrons. The van der Waals surface area contributed by atoms with Crippen molar-refractivity contribution in [2.24, 2.45) is 15.6 Å². The summed E-state index contributed by atoms with van der Waals surface area (Å²) in [6.07, 6.45) is 4.39. The van der Waals surface area contributed by atoms with Gasteiger partial charge in [-0.05, 0) is 107 Å². The molecule has 0 aromatic heterocycles. The van der Waals surface area contributed by atoms with Gasteiger partial charge in [-0.1, -0.05) is 6.92 Å². The van der Waals surface area contributed by atoms with Gasteiger partial charge >= 0.3 is 11.9 Å². The van der Waals surface area contributed by atoms with Crippen LogP contribution in [0.1, 0.15) is 63.2 Å². The number of hydrogen-bond donors (Lipinski definition) is 0. The Hall–Kier alpha value is -4.60. The minimum atomic E-state index is -0.500. The quantitative estimate of drug-likeness (QED) is 0.0457. The van der Waals surface area contributed by atoms with Crippen molar-refractivity contribution in [3.63, 3.8) is 0 Å². The van der Waals surface area contributed by atoms with Crippen LogP contribution in [-0.4, -0.2) is 30.1 Å². The highest BCUT2D eigenvalue weighted by molar-refractivity contribution is 5.91. The molecule has 10 heteroatoms. The maximum atomic E-state index is 12.5. The predicted octanol–water partition coefficient (Wildman–Crippen LogP) is 8.15. The fourth-order valence-electron chi connectivity index (χ4n) is 3.44. The van der Waals surface area contributed by atoms with Gasteiger partial charge in [0.25, 0.3) is 5.69 Å². The summed E-state index contributed by atoms with van der Waals surface area (Å²) < 4.78 is 16.5. The second-order valence-corrected chi connectivity index (χ2v) is 10.0. The summed E-state index contributed by atoms with van der Waals surface area (Å²) in [7, 11) is 0. The summed E-state index contributed by atoms with van der Waals surface area (Å²) in [6.45, 7) is 6.77. The van der Waals surface area contributed by atoms with E-state index in [1.165, 1.54) is 24.3 Å². The SMILES string of the molecule is CCC(C)(C)C(=O)OCCCCCCOc1ccc(C(=O)Oc2ccc(N=Nc3ccc([N+](=O)[O-])cc3)cc2)cc1. The number of azo groups is 1. The molecule has 0 amide bonds. The van der Waals surface area contributed by atoms with Crippen molar-refractivity contribution >= 4 is 29.0 Å². The van der Waals surface area contributed by atoms with Gasteiger partial charge < -0.3 is 14.2 Å². The van der Waals surface area contributed by atoms with E-state index in [2.05, 4.69) is 10.2 Å². The van der Waals surface area contributed by atoms with Crippen LogP contribution in [0.4, 0.5) is 17.1 Å². The summed E-state index contributed by atoms with van der Waals surface area (Å²) in [5.41, 5.74) is 0.947. The Kier molecular flexibility index (Phi) is 11.5. The van der Waals surface area contributed by atoms with E-state index in [1.54, 1.807) is 48.5 Å². The van der Waals surface area contributed by atoms with E-state index in [-0.39, 0.29) is 11.7 Å². The van der Waals surface area contributed by atoms with E-state index >= 15 is 0 Å². The van der Waals surface area contributed by atoms with Crippen molar-refractivity contribution in [1.29, 1.82) is 0 Å². The minimum Gasteiger partial charge on any atom is -0.494 e. The molecule has 3 aromatic carbocycles. The molecule has 0 spiro atoms. The number of carbonyl (C=O) groups is 2. The number of nitrogens with zero attached hydrogens (tertiary/aromatic N) is 3. The van der Waals surface area contributed by atoms with Crippen LogP contribution in [0.3, 0.4) is 0 Å². The van der Waals surface area contributed by atoms with Gasteiger partial charge in [-0.25, -0.2) is 4.79 Å². The van der Waals surface area contributed by atoms with Crippen LogP contribution >= 0.6 is 0 Å². The van der Waals surface area contributed by atoms with Crippen LogP contribution in [0.15, 0.2) is 83.0 Å². The zero-order valence-corrected chi connectivity index (χ0v) is 23.6. The summed E-state index contributed by atoms with van der Waals surface area (Å²) in [5, 5.41) is 18.9. The average molecular weight is 562 g/mol. The highest BCUT2D eigenvalue weighted by Crippen LogP contribution is 2.24. The molecule has 0 heterocycles. The third-order valence-corrected chi connectivity index (χ3v) is 6.46. The van der Waals surface area contributed by atoms with Gasteiger partial charge in [0.15, 0.2) is 0 Å². The molecule has 0 saturated heterocycles. The summed E-state index contributed by atoms with van der Waals surface area (Å²) in [5.74, 6) is 0.378. The zero-order chi connectivity index (χ0) is 29.7. The number of rotatable bonds is 15. The van der Waals surface area contributed by atoms with Crippen LogP contribution in [-0.2, 0) is 9.53 Å². The summed E-state index contributed by atoms with van der Waals surface area (Å²) in [6, 6.07) is 19.0. The van der Waals surface area contributed by atoms with Gasteiger partial charge in [0.1, 0.15) is 11.5 Å². The Morgan fingerprint density at radius 1 is 0.780 bits per heavy atom. The number of benzene rings is 3. The zero-order valence-electron chi connectivity index (χ0n) is 23.6. The molecule has 0 aliphatic heterocycles. The first-order chi connectivity index (χ1) is 19.7. The van der Waals surface area contributed by atoms with Crippen LogP contribution in [0.25, 0.3) is 0 Å². The molecule has 0 unspecified atom stereocenters. The number of nitro groups is 1. The second-order valence-electron chi connectivity index (χ2n) is 10.0. The lowest BCUT2D eigenvalue weighted by atomic mass is 9.91. The molecule has 41 heavy (non-hydrogen) atoms. The molecular weight excluding hydrogens is 526 g/mol. The van der Waals surface area contributed by atoms with Crippen molar-refractivity contribution in [1.82, 2.24) is 0 Å². The Morgan fingerprint density at radius 2 is 1.32 bits per heavy atom. The van der Waals surface area contributed by atoms with Crippen molar-refractivity contribution in [2.75, 3.05) is 13.2 Å². The van der Waals surface area contributed by atoms with Crippen LogP contribution in [0.2, 0.25) is 0 Å². The Balaban J connectivity index is 1.35. The Morgan fingerprint density at radius 3 is 1.88 bits per heavy atom. The van der Waals surface area contributed by atoms with E-state index < -0.39 is 16.3 Å². The first kappa shape index (κ1) is 30.9. The number of nitro benzene ring substituents is 1. The van der Waals surface area contributed by atoms with Crippen molar-refractivity contribution in [3.8, 4) is 11.5 Å².